The minimum atomic E-state index is -0.219. The molecule has 0 unspecified atom stereocenters. The smallest absolute Gasteiger partial charge is 0.123 e. The molecule has 0 aliphatic rings. The van der Waals surface area contributed by atoms with Gasteiger partial charge in [-0.25, -0.2) is 4.39 Å². The number of hydrogen-bond donors (Lipinski definition) is 0. The molecule has 2 rings (SSSR count). The van der Waals surface area contributed by atoms with Crippen LogP contribution in [0.2, 0.25) is 0 Å². The van der Waals surface area contributed by atoms with Gasteiger partial charge in [-0.15, -0.1) is 0 Å². The van der Waals surface area contributed by atoms with Crippen LogP contribution in [-0.4, -0.2) is 0 Å². The fourth-order valence-corrected chi connectivity index (χ4v) is 1.66. The predicted molar refractivity (Wildman–Crippen MR) is 64.1 cm³/mol. The van der Waals surface area contributed by atoms with Crippen LogP contribution in [0.5, 0.6) is 0 Å². The molecule has 0 amide bonds. The van der Waals surface area contributed by atoms with E-state index in [0.29, 0.717) is 0 Å². The summed E-state index contributed by atoms with van der Waals surface area (Å²) in [6.07, 6.45) is 3.53. The van der Waals surface area contributed by atoms with E-state index in [1.807, 2.05) is 12.1 Å². The minimum Gasteiger partial charge on any atom is -0.207 e. The molecular weight excluding hydrogens is 187 g/mol. The van der Waals surface area contributed by atoms with Crippen molar-refractivity contribution in [1.29, 1.82) is 0 Å². The molecule has 0 nitrogen and oxygen atoms in total. The SMILES string of the molecule is C=Cc1cc2ccc(F)cc2cc1C=C. The first kappa shape index (κ1) is 9.66. The highest BCUT2D eigenvalue weighted by atomic mass is 19.1. The first-order valence-electron chi connectivity index (χ1n) is 4.73. The largest absolute Gasteiger partial charge is 0.207 e. The Bertz CT molecular complexity index is 538. The van der Waals surface area contributed by atoms with Crippen LogP contribution in [0, 0.1) is 5.82 Å². The topological polar surface area (TPSA) is 0 Å². The Kier molecular flexibility index (Phi) is 2.38. The summed E-state index contributed by atoms with van der Waals surface area (Å²) in [5, 5.41) is 1.90. The molecule has 15 heavy (non-hydrogen) atoms. The Balaban J connectivity index is 2.80. The molecule has 0 N–H and O–H groups in total. The predicted octanol–water partition coefficient (Wildman–Crippen LogP) is 4.26. The van der Waals surface area contributed by atoms with Crippen LogP contribution in [0.1, 0.15) is 11.1 Å². The third kappa shape index (κ3) is 1.68. The third-order valence-corrected chi connectivity index (χ3v) is 2.44. The van der Waals surface area contributed by atoms with Crippen molar-refractivity contribution in [3.8, 4) is 0 Å². The summed E-state index contributed by atoms with van der Waals surface area (Å²) in [5.74, 6) is -0.219. The Morgan fingerprint density at radius 2 is 1.47 bits per heavy atom. The molecule has 0 spiro atoms. The lowest BCUT2D eigenvalue weighted by atomic mass is 10.0. The van der Waals surface area contributed by atoms with Gasteiger partial charge < -0.3 is 0 Å². The van der Waals surface area contributed by atoms with Gasteiger partial charge in [-0.1, -0.05) is 31.4 Å². The van der Waals surface area contributed by atoms with Crippen molar-refractivity contribution in [2.45, 2.75) is 0 Å². The molecule has 0 heterocycles. The monoisotopic (exact) mass is 198 g/mol. The maximum Gasteiger partial charge on any atom is 0.123 e. The normalized spacial score (nSPS) is 10.2. The van der Waals surface area contributed by atoms with Gasteiger partial charge in [0.25, 0.3) is 0 Å². The molecule has 2 aromatic rings. The Labute approximate surface area is 88.4 Å². The average molecular weight is 198 g/mol. The van der Waals surface area contributed by atoms with Crippen LogP contribution in [0.4, 0.5) is 4.39 Å². The van der Waals surface area contributed by atoms with E-state index >= 15 is 0 Å². The summed E-state index contributed by atoms with van der Waals surface area (Å²) in [6.45, 7) is 7.47. The number of fused-ring (bicyclic) bond motifs is 1. The van der Waals surface area contributed by atoms with Crippen LogP contribution in [0.15, 0.2) is 43.5 Å². The Hall–Kier alpha value is -1.89. The summed E-state index contributed by atoms with van der Waals surface area (Å²) in [7, 11) is 0. The lowest BCUT2D eigenvalue weighted by Gasteiger charge is -2.04. The molecule has 0 aliphatic carbocycles. The van der Waals surface area contributed by atoms with E-state index in [-0.39, 0.29) is 5.82 Å². The lowest BCUT2D eigenvalue weighted by Crippen LogP contribution is -1.83. The van der Waals surface area contributed by atoms with Crippen LogP contribution >= 0.6 is 0 Å². The van der Waals surface area contributed by atoms with Crippen molar-refractivity contribution in [2.75, 3.05) is 0 Å². The van der Waals surface area contributed by atoms with Gasteiger partial charge in [-0.05, 0) is 46.2 Å². The number of halogens is 1. The van der Waals surface area contributed by atoms with Gasteiger partial charge in [0.15, 0.2) is 0 Å². The molecule has 0 bridgehead atoms. The number of benzene rings is 2. The molecule has 74 valence electrons. The summed E-state index contributed by atoms with van der Waals surface area (Å²) < 4.78 is 13.0. The fraction of sp³-hybridized carbons (Fsp3) is 0. The summed E-state index contributed by atoms with van der Waals surface area (Å²) in [6, 6.07) is 8.66. The summed E-state index contributed by atoms with van der Waals surface area (Å²) in [5.41, 5.74) is 1.99. The van der Waals surface area contributed by atoms with E-state index in [9.17, 15) is 4.39 Å². The highest BCUT2D eigenvalue weighted by molar-refractivity contribution is 5.88. The van der Waals surface area contributed by atoms with E-state index in [0.717, 1.165) is 21.9 Å². The van der Waals surface area contributed by atoms with Crippen molar-refractivity contribution in [3.63, 3.8) is 0 Å². The van der Waals surface area contributed by atoms with Gasteiger partial charge in [0.05, 0.1) is 0 Å². The second kappa shape index (κ2) is 3.70. The van der Waals surface area contributed by atoms with Gasteiger partial charge in [0, 0.05) is 0 Å². The number of rotatable bonds is 2. The Morgan fingerprint density at radius 1 is 0.867 bits per heavy atom. The lowest BCUT2D eigenvalue weighted by molar-refractivity contribution is 0.630. The molecule has 0 aliphatic heterocycles. The number of hydrogen-bond acceptors (Lipinski definition) is 0. The fourth-order valence-electron chi connectivity index (χ4n) is 1.66. The third-order valence-electron chi connectivity index (χ3n) is 2.44. The molecule has 2 aromatic carbocycles. The highest BCUT2D eigenvalue weighted by Crippen LogP contribution is 2.22. The first-order chi connectivity index (χ1) is 7.24. The molecule has 0 fully saturated rings. The van der Waals surface area contributed by atoms with E-state index in [4.69, 9.17) is 0 Å². The van der Waals surface area contributed by atoms with Gasteiger partial charge in [-0.2, -0.15) is 0 Å². The molecule has 0 aromatic heterocycles. The van der Waals surface area contributed by atoms with Crippen molar-refractivity contribution in [1.82, 2.24) is 0 Å². The maximum absolute atomic E-state index is 13.0. The van der Waals surface area contributed by atoms with E-state index < -0.39 is 0 Å². The highest BCUT2D eigenvalue weighted by Gasteiger charge is 2.00. The summed E-state index contributed by atoms with van der Waals surface area (Å²) in [4.78, 5) is 0. The van der Waals surface area contributed by atoms with Crippen LogP contribution < -0.4 is 0 Å². The van der Waals surface area contributed by atoms with E-state index in [1.54, 1.807) is 18.2 Å². The van der Waals surface area contributed by atoms with Crippen LogP contribution in [0.25, 0.3) is 22.9 Å². The molecule has 0 radical (unpaired) electrons. The molecule has 0 atom stereocenters. The molecule has 0 saturated heterocycles. The zero-order valence-electron chi connectivity index (χ0n) is 8.33. The molecular formula is C14H11F. The standard InChI is InChI=1S/C14H11F/c1-3-10-7-12-5-6-14(15)9-13(12)8-11(10)4-2/h3-9H,1-2H2. The summed E-state index contributed by atoms with van der Waals surface area (Å²) >= 11 is 0. The van der Waals surface area contributed by atoms with Crippen molar-refractivity contribution in [3.05, 3.63) is 60.4 Å². The minimum absolute atomic E-state index is 0.219. The van der Waals surface area contributed by atoms with Gasteiger partial charge in [-0.3, -0.25) is 0 Å². The quantitative estimate of drug-likeness (QED) is 0.676. The van der Waals surface area contributed by atoms with Crippen molar-refractivity contribution < 1.29 is 4.39 Å². The second-order valence-electron chi connectivity index (χ2n) is 3.38. The Morgan fingerprint density at radius 3 is 2.07 bits per heavy atom. The zero-order chi connectivity index (χ0) is 10.8. The zero-order valence-corrected chi connectivity index (χ0v) is 8.33. The first-order valence-corrected chi connectivity index (χ1v) is 4.73. The van der Waals surface area contributed by atoms with Gasteiger partial charge >= 0.3 is 0 Å². The van der Waals surface area contributed by atoms with Crippen LogP contribution in [-0.2, 0) is 0 Å². The molecule has 1 heteroatoms. The van der Waals surface area contributed by atoms with Crippen LogP contribution in [0.3, 0.4) is 0 Å². The van der Waals surface area contributed by atoms with Gasteiger partial charge in [0.2, 0.25) is 0 Å². The second-order valence-corrected chi connectivity index (χ2v) is 3.38. The van der Waals surface area contributed by atoms with E-state index in [1.165, 1.54) is 12.1 Å². The van der Waals surface area contributed by atoms with Gasteiger partial charge in [0.1, 0.15) is 5.82 Å². The average Bonchev–Trinajstić information content (AvgIpc) is 2.27. The molecule has 0 saturated carbocycles. The van der Waals surface area contributed by atoms with Crippen molar-refractivity contribution >= 4 is 22.9 Å². The van der Waals surface area contributed by atoms with Crippen molar-refractivity contribution in [2.24, 2.45) is 0 Å². The maximum atomic E-state index is 13.0. The van der Waals surface area contributed by atoms with E-state index in [2.05, 4.69) is 13.2 Å².